The molecule has 1 saturated carbocycles. The minimum atomic E-state index is -3.39. The Labute approximate surface area is 85.9 Å². The van der Waals surface area contributed by atoms with Crippen LogP contribution in [-0.4, -0.2) is 26.8 Å². The fraction of sp³-hybridized carbons (Fsp3) is 1.00. The largest absolute Gasteiger partial charge is 0.328 e. The highest BCUT2D eigenvalue weighted by Gasteiger charge is 2.34. The highest BCUT2D eigenvalue weighted by molar-refractivity contribution is 7.86. The van der Waals surface area contributed by atoms with Crippen LogP contribution < -0.4 is 5.73 Å². The van der Waals surface area contributed by atoms with E-state index in [9.17, 15) is 8.42 Å². The molecule has 0 aromatic heterocycles. The summed E-state index contributed by atoms with van der Waals surface area (Å²) >= 11 is 0. The summed E-state index contributed by atoms with van der Waals surface area (Å²) in [4.78, 5) is 0. The summed E-state index contributed by atoms with van der Waals surface area (Å²) in [6, 6.07) is 0. The molecule has 0 radical (unpaired) electrons. The second kappa shape index (κ2) is 4.59. The summed E-state index contributed by atoms with van der Waals surface area (Å²) in [6.45, 7) is 0.292. The van der Waals surface area contributed by atoms with Crippen LogP contribution in [-0.2, 0) is 14.3 Å². The van der Waals surface area contributed by atoms with Crippen molar-refractivity contribution in [3.63, 3.8) is 0 Å². The first-order chi connectivity index (χ1) is 6.47. The lowest BCUT2D eigenvalue weighted by Crippen LogP contribution is -2.41. The molecule has 1 aliphatic carbocycles. The van der Waals surface area contributed by atoms with Crippen LogP contribution in [0.5, 0.6) is 0 Å². The van der Waals surface area contributed by atoms with Gasteiger partial charge in [-0.1, -0.05) is 25.7 Å². The van der Waals surface area contributed by atoms with Crippen LogP contribution in [0.25, 0.3) is 0 Å². The van der Waals surface area contributed by atoms with Crippen LogP contribution in [0.2, 0.25) is 0 Å². The van der Waals surface area contributed by atoms with E-state index in [4.69, 9.17) is 9.92 Å². The molecule has 0 amide bonds. The summed E-state index contributed by atoms with van der Waals surface area (Å²) in [7, 11) is -3.39. The van der Waals surface area contributed by atoms with Crippen molar-refractivity contribution in [2.75, 3.05) is 12.8 Å². The Balaban J connectivity index is 2.72. The van der Waals surface area contributed by atoms with Crippen molar-refractivity contribution in [1.82, 2.24) is 0 Å². The van der Waals surface area contributed by atoms with Crippen LogP contribution in [0.3, 0.4) is 0 Å². The van der Waals surface area contributed by atoms with Crippen molar-refractivity contribution >= 4 is 10.1 Å². The molecule has 1 fully saturated rings. The van der Waals surface area contributed by atoms with E-state index in [0.29, 0.717) is 6.54 Å². The molecule has 0 saturated heterocycles. The average Bonchev–Trinajstić information content (AvgIpc) is 2.28. The quantitative estimate of drug-likeness (QED) is 0.570. The van der Waals surface area contributed by atoms with E-state index in [0.717, 1.165) is 44.8 Å². The van der Waals surface area contributed by atoms with Gasteiger partial charge < -0.3 is 5.73 Å². The first kappa shape index (κ1) is 11.9. The second-order valence-corrected chi connectivity index (χ2v) is 5.66. The fourth-order valence-corrected chi connectivity index (χ4v) is 2.89. The van der Waals surface area contributed by atoms with Crippen molar-refractivity contribution in [2.45, 2.75) is 44.1 Å². The average molecular weight is 221 g/mol. The van der Waals surface area contributed by atoms with Gasteiger partial charge in [-0.3, -0.25) is 4.18 Å². The third-order valence-corrected chi connectivity index (χ3v) is 3.37. The van der Waals surface area contributed by atoms with Gasteiger partial charge in [0.1, 0.15) is 0 Å². The zero-order valence-electron chi connectivity index (χ0n) is 8.66. The topological polar surface area (TPSA) is 69.4 Å². The molecule has 84 valence electrons. The normalized spacial score (nSPS) is 23.0. The van der Waals surface area contributed by atoms with Crippen molar-refractivity contribution in [1.29, 1.82) is 0 Å². The Morgan fingerprint density at radius 3 is 2.07 bits per heavy atom. The van der Waals surface area contributed by atoms with E-state index in [1.54, 1.807) is 0 Å². The molecule has 0 heterocycles. The van der Waals surface area contributed by atoms with Gasteiger partial charge in [-0.15, -0.1) is 0 Å². The highest BCUT2D eigenvalue weighted by Crippen LogP contribution is 2.30. The maximum absolute atomic E-state index is 11.1. The molecular weight excluding hydrogens is 202 g/mol. The number of nitrogens with two attached hydrogens (primary N) is 1. The van der Waals surface area contributed by atoms with E-state index >= 15 is 0 Å². The molecular formula is C9H19NO3S. The van der Waals surface area contributed by atoms with Crippen molar-refractivity contribution < 1.29 is 12.6 Å². The van der Waals surface area contributed by atoms with Crippen LogP contribution in [0.1, 0.15) is 38.5 Å². The summed E-state index contributed by atoms with van der Waals surface area (Å²) in [5, 5.41) is 0. The third-order valence-electron chi connectivity index (χ3n) is 2.71. The van der Waals surface area contributed by atoms with Gasteiger partial charge in [-0.2, -0.15) is 8.42 Å². The molecule has 1 aliphatic rings. The van der Waals surface area contributed by atoms with E-state index in [2.05, 4.69) is 0 Å². The van der Waals surface area contributed by atoms with Gasteiger partial charge in [0.15, 0.2) is 0 Å². The van der Waals surface area contributed by atoms with E-state index in [1.807, 2.05) is 0 Å². The third kappa shape index (κ3) is 3.55. The number of hydrogen-bond donors (Lipinski definition) is 1. The van der Waals surface area contributed by atoms with Crippen LogP contribution in [0.15, 0.2) is 0 Å². The highest BCUT2D eigenvalue weighted by atomic mass is 32.2. The summed E-state index contributed by atoms with van der Waals surface area (Å²) in [5.41, 5.74) is 5.00. The first-order valence-corrected chi connectivity index (χ1v) is 6.90. The molecule has 14 heavy (non-hydrogen) atoms. The molecule has 0 aromatic carbocycles. The van der Waals surface area contributed by atoms with Crippen LogP contribution in [0, 0.1) is 0 Å². The smallest absolute Gasteiger partial charge is 0.264 e. The predicted molar refractivity (Wildman–Crippen MR) is 55.4 cm³/mol. The van der Waals surface area contributed by atoms with Gasteiger partial charge >= 0.3 is 0 Å². The summed E-state index contributed by atoms with van der Waals surface area (Å²) in [5.74, 6) is 0. The lowest BCUT2D eigenvalue weighted by molar-refractivity contribution is 0.0701. The monoisotopic (exact) mass is 221 g/mol. The zero-order valence-corrected chi connectivity index (χ0v) is 9.48. The Morgan fingerprint density at radius 1 is 1.21 bits per heavy atom. The standard InChI is InChI=1S/C9H19NO3S/c1-14(11,12)13-9(8-10)6-4-2-3-5-7-9/h2-8,10H2,1H3. The summed E-state index contributed by atoms with van der Waals surface area (Å²) < 4.78 is 27.3. The molecule has 1 rings (SSSR count). The maximum Gasteiger partial charge on any atom is 0.264 e. The summed E-state index contributed by atoms with van der Waals surface area (Å²) in [6.07, 6.45) is 6.92. The van der Waals surface area contributed by atoms with Crippen molar-refractivity contribution in [3.8, 4) is 0 Å². The maximum atomic E-state index is 11.1. The lowest BCUT2D eigenvalue weighted by atomic mass is 9.95. The fourth-order valence-electron chi connectivity index (χ4n) is 2.02. The lowest BCUT2D eigenvalue weighted by Gasteiger charge is -2.29. The number of rotatable bonds is 3. The van der Waals surface area contributed by atoms with Gasteiger partial charge in [0.05, 0.1) is 11.9 Å². The van der Waals surface area contributed by atoms with Gasteiger partial charge in [0.25, 0.3) is 10.1 Å². The molecule has 0 bridgehead atoms. The molecule has 0 atom stereocenters. The first-order valence-electron chi connectivity index (χ1n) is 5.08. The van der Waals surface area contributed by atoms with Crippen LogP contribution >= 0.6 is 0 Å². The molecule has 2 N–H and O–H groups in total. The van der Waals surface area contributed by atoms with Gasteiger partial charge in [-0.25, -0.2) is 0 Å². The second-order valence-electron chi connectivity index (χ2n) is 4.09. The minimum absolute atomic E-state index is 0.292. The predicted octanol–water partition coefficient (Wildman–Crippen LogP) is 1.01. The van der Waals surface area contributed by atoms with E-state index < -0.39 is 15.7 Å². The van der Waals surface area contributed by atoms with Crippen molar-refractivity contribution in [3.05, 3.63) is 0 Å². The van der Waals surface area contributed by atoms with Crippen molar-refractivity contribution in [2.24, 2.45) is 5.73 Å². The van der Waals surface area contributed by atoms with E-state index in [1.165, 1.54) is 0 Å². The molecule has 0 spiro atoms. The van der Waals surface area contributed by atoms with Gasteiger partial charge in [0.2, 0.25) is 0 Å². The minimum Gasteiger partial charge on any atom is -0.328 e. The van der Waals surface area contributed by atoms with E-state index in [-0.39, 0.29) is 0 Å². The molecule has 0 unspecified atom stereocenters. The van der Waals surface area contributed by atoms with Gasteiger partial charge in [0, 0.05) is 6.54 Å². The van der Waals surface area contributed by atoms with Crippen LogP contribution in [0.4, 0.5) is 0 Å². The molecule has 4 nitrogen and oxygen atoms in total. The molecule has 0 aliphatic heterocycles. The Kier molecular flexibility index (Phi) is 3.92. The molecule has 5 heteroatoms. The SMILES string of the molecule is CS(=O)(=O)OC1(CN)CCCCCC1. The Bertz CT molecular complexity index is 266. The molecule has 0 aromatic rings. The Hall–Kier alpha value is -0.130. The number of hydrogen-bond acceptors (Lipinski definition) is 4. The van der Waals surface area contributed by atoms with Gasteiger partial charge in [-0.05, 0) is 12.8 Å². The Morgan fingerprint density at radius 2 is 1.71 bits per heavy atom. The zero-order chi connectivity index (χ0) is 10.7.